The summed E-state index contributed by atoms with van der Waals surface area (Å²) in [6, 6.07) is 8.24. The van der Waals surface area contributed by atoms with Crippen LogP contribution in [0.1, 0.15) is 11.6 Å². The lowest BCUT2D eigenvalue weighted by Gasteiger charge is -2.32. The topological polar surface area (TPSA) is 92.9 Å². The first kappa shape index (κ1) is 13.5. The van der Waals surface area contributed by atoms with Crippen LogP contribution in [0.5, 0.6) is 0 Å². The molecule has 1 fully saturated rings. The van der Waals surface area contributed by atoms with Crippen molar-refractivity contribution in [1.82, 2.24) is 4.90 Å². The first-order valence-corrected chi connectivity index (χ1v) is 6.03. The zero-order valence-electron chi connectivity index (χ0n) is 10.4. The highest BCUT2D eigenvalue weighted by molar-refractivity contribution is 5.84. The van der Waals surface area contributed by atoms with Crippen molar-refractivity contribution in [2.24, 2.45) is 5.73 Å². The van der Waals surface area contributed by atoms with Crippen LogP contribution >= 0.6 is 0 Å². The van der Waals surface area contributed by atoms with E-state index in [1.54, 1.807) is 12.1 Å². The second-order valence-electron chi connectivity index (χ2n) is 4.37. The Bertz CT molecular complexity index is 463. The summed E-state index contributed by atoms with van der Waals surface area (Å²) in [6.07, 6.45) is -0.972. The quantitative estimate of drug-likeness (QED) is 0.801. The van der Waals surface area contributed by atoms with E-state index in [2.05, 4.69) is 0 Å². The van der Waals surface area contributed by atoms with E-state index in [0.717, 1.165) is 0 Å². The van der Waals surface area contributed by atoms with Crippen molar-refractivity contribution in [3.05, 3.63) is 35.9 Å². The van der Waals surface area contributed by atoms with E-state index in [0.29, 0.717) is 12.1 Å². The lowest BCUT2D eigenvalue weighted by molar-refractivity contribution is -0.159. The first-order valence-electron chi connectivity index (χ1n) is 6.03. The van der Waals surface area contributed by atoms with Gasteiger partial charge in [-0.05, 0) is 5.56 Å². The van der Waals surface area contributed by atoms with Gasteiger partial charge in [0.15, 0.2) is 6.10 Å². The van der Waals surface area contributed by atoms with Crippen LogP contribution in [0.4, 0.5) is 0 Å². The van der Waals surface area contributed by atoms with Crippen LogP contribution in [0.25, 0.3) is 0 Å². The van der Waals surface area contributed by atoms with Gasteiger partial charge in [-0.25, -0.2) is 4.79 Å². The molecule has 1 aromatic rings. The first-order chi connectivity index (χ1) is 9.09. The van der Waals surface area contributed by atoms with Gasteiger partial charge in [0, 0.05) is 6.54 Å². The van der Waals surface area contributed by atoms with Gasteiger partial charge in [0.2, 0.25) is 5.91 Å². The Hall–Kier alpha value is -1.92. The fraction of sp³-hybridized carbons (Fsp3) is 0.385. The number of nitrogens with zero attached hydrogens (tertiary/aromatic N) is 1. The fourth-order valence-electron chi connectivity index (χ4n) is 2.00. The third kappa shape index (κ3) is 3.10. The van der Waals surface area contributed by atoms with Crippen molar-refractivity contribution in [3.63, 3.8) is 0 Å². The summed E-state index contributed by atoms with van der Waals surface area (Å²) < 4.78 is 5.07. The molecule has 0 spiro atoms. The molecule has 6 heteroatoms. The summed E-state index contributed by atoms with van der Waals surface area (Å²) in [5.41, 5.74) is 6.63. The summed E-state index contributed by atoms with van der Waals surface area (Å²) in [4.78, 5) is 24.5. The summed E-state index contributed by atoms with van der Waals surface area (Å²) >= 11 is 0. The molecule has 1 saturated heterocycles. The van der Waals surface area contributed by atoms with Crippen molar-refractivity contribution in [1.29, 1.82) is 0 Å². The third-order valence-electron chi connectivity index (χ3n) is 3.08. The second kappa shape index (κ2) is 5.81. The Labute approximate surface area is 110 Å². The molecule has 1 aliphatic rings. The van der Waals surface area contributed by atoms with Gasteiger partial charge in [-0.15, -0.1) is 0 Å². The van der Waals surface area contributed by atoms with E-state index >= 15 is 0 Å². The average Bonchev–Trinajstić information content (AvgIpc) is 2.46. The molecule has 19 heavy (non-hydrogen) atoms. The molecule has 0 saturated carbocycles. The van der Waals surface area contributed by atoms with Crippen molar-refractivity contribution in [2.75, 3.05) is 19.7 Å². The largest absolute Gasteiger partial charge is 0.479 e. The molecule has 3 N–H and O–H groups in total. The molecule has 2 unspecified atom stereocenters. The molecule has 2 rings (SSSR count). The minimum Gasteiger partial charge on any atom is -0.479 e. The Morgan fingerprint density at radius 3 is 2.68 bits per heavy atom. The predicted molar refractivity (Wildman–Crippen MR) is 67.3 cm³/mol. The standard InChI is InChI=1S/C13H16N2O4/c14-11(9-4-2-1-3-5-9)12(16)15-6-7-19-10(8-15)13(17)18/h1-5,10-11H,6-8,14H2,(H,17,18). The Morgan fingerprint density at radius 1 is 1.37 bits per heavy atom. The van der Waals surface area contributed by atoms with Crippen molar-refractivity contribution in [3.8, 4) is 0 Å². The van der Waals surface area contributed by atoms with Crippen LogP contribution in [0.15, 0.2) is 30.3 Å². The second-order valence-corrected chi connectivity index (χ2v) is 4.37. The number of amides is 1. The minimum atomic E-state index is -1.06. The van der Waals surface area contributed by atoms with Gasteiger partial charge >= 0.3 is 5.97 Å². The highest BCUT2D eigenvalue weighted by Gasteiger charge is 2.31. The third-order valence-corrected chi connectivity index (χ3v) is 3.08. The maximum absolute atomic E-state index is 12.2. The van der Waals surface area contributed by atoms with Gasteiger partial charge in [0.05, 0.1) is 13.2 Å². The number of carbonyl (C=O) groups excluding carboxylic acids is 1. The minimum absolute atomic E-state index is 0.0364. The maximum Gasteiger partial charge on any atom is 0.334 e. The molecule has 1 amide bonds. The molecule has 0 bridgehead atoms. The zero-order chi connectivity index (χ0) is 13.8. The van der Waals surface area contributed by atoms with E-state index in [-0.39, 0.29) is 19.1 Å². The molecular weight excluding hydrogens is 248 g/mol. The Morgan fingerprint density at radius 2 is 2.05 bits per heavy atom. The van der Waals surface area contributed by atoms with E-state index in [9.17, 15) is 9.59 Å². The number of ether oxygens (including phenoxy) is 1. The number of benzene rings is 1. The summed E-state index contributed by atoms with van der Waals surface area (Å²) in [7, 11) is 0. The number of carboxylic acid groups (broad SMARTS) is 1. The molecule has 0 aromatic heterocycles. The van der Waals surface area contributed by atoms with Gasteiger partial charge in [-0.3, -0.25) is 4.79 Å². The lowest BCUT2D eigenvalue weighted by Crippen LogP contribution is -2.50. The van der Waals surface area contributed by atoms with Crippen molar-refractivity contribution in [2.45, 2.75) is 12.1 Å². The van der Waals surface area contributed by atoms with Crippen LogP contribution in [0.2, 0.25) is 0 Å². The normalized spacial score (nSPS) is 20.9. The van der Waals surface area contributed by atoms with Crippen LogP contribution in [-0.4, -0.2) is 47.7 Å². The summed E-state index contributed by atoms with van der Waals surface area (Å²) in [5, 5.41) is 8.90. The van der Waals surface area contributed by atoms with Gasteiger partial charge in [-0.1, -0.05) is 30.3 Å². The number of morpholine rings is 1. The molecule has 102 valence electrons. The Balaban J connectivity index is 2.05. The molecular formula is C13H16N2O4. The number of hydrogen-bond acceptors (Lipinski definition) is 4. The molecule has 1 heterocycles. The highest BCUT2D eigenvalue weighted by atomic mass is 16.5. The summed E-state index contributed by atoms with van der Waals surface area (Å²) in [6.45, 7) is 0.613. The van der Waals surface area contributed by atoms with E-state index in [1.165, 1.54) is 4.90 Å². The van der Waals surface area contributed by atoms with Crippen LogP contribution < -0.4 is 5.73 Å². The number of hydrogen-bond donors (Lipinski definition) is 2. The van der Waals surface area contributed by atoms with Crippen LogP contribution in [-0.2, 0) is 14.3 Å². The van der Waals surface area contributed by atoms with Gasteiger partial charge < -0.3 is 20.5 Å². The van der Waals surface area contributed by atoms with E-state index < -0.39 is 18.1 Å². The number of carbonyl (C=O) groups is 2. The van der Waals surface area contributed by atoms with Crippen molar-refractivity contribution >= 4 is 11.9 Å². The molecule has 2 atom stereocenters. The lowest BCUT2D eigenvalue weighted by atomic mass is 10.1. The number of rotatable bonds is 3. The van der Waals surface area contributed by atoms with Gasteiger partial charge in [0.1, 0.15) is 6.04 Å². The molecule has 0 radical (unpaired) electrons. The average molecular weight is 264 g/mol. The Kier molecular flexibility index (Phi) is 4.13. The zero-order valence-corrected chi connectivity index (χ0v) is 10.4. The molecule has 6 nitrogen and oxygen atoms in total. The maximum atomic E-state index is 12.2. The fourth-order valence-corrected chi connectivity index (χ4v) is 2.00. The smallest absolute Gasteiger partial charge is 0.334 e. The summed E-state index contributed by atoms with van der Waals surface area (Å²) in [5.74, 6) is -1.34. The number of aliphatic carboxylic acids is 1. The number of nitrogens with two attached hydrogens (primary N) is 1. The monoisotopic (exact) mass is 264 g/mol. The van der Waals surface area contributed by atoms with Gasteiger partial charge in [0.25, 0.3) is 0 Å². The van der Waals surface area contributed by atoms with Gasteiger partial charge in [-0.2, -0.15) is 0 Å². The highest BCUT2D eigenvalue weighted by Crippen LogP contribution is 2.15. The van der Waals surface area contributed by atoms with Crippen LogP contribution in [0.3, 0.4) is 0 Å². The van der Waals surface area contributed by atoms with Crippen LogP contribution in [0, 0.1) is 0 Å². The molecule has 1 aromatic carbocycles. The molecule has 1 aliphatic heterocycles. The number of carboxylic acids is 1. The van der Waals surface area contributed by atoms with Crippen molar-refractivity contribution < 1.29 is 19.4 Å². The van der Waals surface area contributed by atoms with E-state index in [1.807, 2.05) is 18.2 Å². The predicted octanol–water partition coefficient (Wildman–Crippen LogP) is -0.00160. The SMILES string of the molecule is NC(C(=O)N1CCOC(C(=O)O)C1)c1ccccc1. The molecule has 0 aliphatic carbocycles. The van der Waals surface area contributed by atoms with E-state index in [4.69, 9.17) is 15.6 Å².